The lowest BCUT2D eigenvalue weighted by Gasteiger charge is -2.37. The molecule has 0 spiro atoms. The molecule has 0 saturated heterocycles. The van der Waals surface area contributed by atoms with Crippen LogP contribution in [-0.2, 0) is 5.54 Å². The molecule has 0 aliphatic heterocycles. The van der Waals surface area contributed by atoms with Crippen LogP contribution in [0.25, 0.3) is 10.9 Å². The fraction of sp³-hybridized carbons (Fsp3) is 0.333. The zero-order valence-electron chi connectivity index (χ0n) is 8.39. The van der Waals surface area contributed by atoms with Gasteiger partial charge in [-0.1, -0.05) is 15.9 Å². The normalized spacial score (nSPS) is 19.1. The Labute approximate surface area is 97.0 Å². The third-order valence-corrected chi connectivity index (χ3v) is 3.86. The standard InChI is InChI=1S/C12H13BrN2/c13-9-2-3-10-8(6-9)7-11(15-10)12(14)4-1-5-12/h2-3,6-7,15H,1,4-5,14H2. The maximum Gasteiger partial charge on any atom is 0.0561 e. The van der Waals surface area contributed by atoms with Crippen molar-refractivity contribution >= 4 is 26.8 Å². The smallest absolute Gasteiger partial charge is 0.0561 e. The van der Waals surface area contributed by atoms with Gasteiger partial charge < -0.3 is 10.7 Å². The predicted molar refractivity (Wildman–Crippen MR) is 65.7 cm³/mol. The quantitative estimate of drug-likeness (QED) is 0.816. The number of hydrogen-bond donors (Lipinski definition) is 2. The molecule has 1 aromatic heterocycles. The molecule has 3 N–H and O–H groups in total. The van der Waals surface area contributed by atoms with Crippen molar-refractivity contribution in [2.45, 2.75) is 24.8 Å². The lowest BCUT2D eigenvalue weighted by Crippen LogP contribution is -2.43. The van der Waals surface area contributed by atoms with E-state index in [1.165, 1.54) is 23.0 Å². The van der Waals surface area contributed by atoms with Crippen molar-refractivity contribution in [2.24, 2.45) is 5.73 Å². The Morgan fingerprint density at radius 2 is 2.07 bits per heavy atom. The molecule has 0 amide bonds. The number of aromatic nitrogens is 1. The van der Waals surface area contributed by atoms with Crippen molar-refractivity contribution < 1.29 is 0 Å². The second-order valence-electron chi connectivity index (χ2n) is 4.42. The minimum absolute atomic E-state index is 0.0918. The highest BCUT2D eigenvalue weighted by molar-refractivity contribution is 9.10. The van der Waals surface area contributed by atoms with E-state index >= 15 is 0 Å². The number of fused-ring (bicyclic) bond motifs is 1. The lowest BCUT2D eigenvalue weighted by atomic mass is 9.75. The number of nitrogens with two attached hydrogens (primary N) is 1. The molecule has 2 aromatic rings. The van der Waals surface area contributed by atoms with Crippen LogP contribution in [0.4, 0.5) is 0 Å². The first kappa shape index (κ1) is 9.43. The van der Waals surface area contributed by atoms with Crippen LogP contribution in [0, 0.1) is 0 Å². The minimum atomic E-state index is -0.0918. The van der Waals surface area contributed by atoms with Gasteiger partial charge in [0.15, 0.2) is 0 Å². The third-order valence-electron chi connectivity index (χ3n) is 3.36. The summed E-state index contributed by atoms with van der Waals surface area (Å²) < 4.78 is 1.11. The molecule has 1 saturated carbocycles. The van der Waals surface area contributed by atoms with Gasteiger partial charge in [0.1, 0.15) is 0 Å². The van der Waals surface area contributed by atoms with Gasteiger partial charge >= 0.3 is 0 Å². The maximum absolute atomic E-state index is 6.28. The van der Waals surface area contributed by atoms with Crippen molar-refractivity contribution in [2.75, 3.05) is 0 Å². The van der Waals surface area contributed by atoms with E-state index in [1.807, 2.05) is 6.07 Å². The van der Waals surface area contributed by atoms with Gasteiger partial charge in [0.2, 0.25) is 0 Å². The zero-order chi connectivity index (χ0) is 10.5. The molecule has 15 heavy (non-hydrogen) atoms. The second kappa shape index (κ2) is 3.09. The molecule has 3 heteroatoms. The lowest BCUT2D eigenvalue weighted by molar-refractivity contribution is 0.248. The molecule has 0 radical (unpaired) electrons. The highest BCUT2D eigenvalue weighted by Crippen LogP contribution is 2.39. The summed E-state index contributed by atoms with van der Waals surface area (Å²) in [4.78, 5) is 3.42. The molecule has 1 heterocycles. The van der Waals surface area contributed by atoms with Crippen molar-refractivity contribution in [1.29, 1.82) is 0 Å². The summed E-state index contributed by atoms with van der Waals surface area (Å²) in [6.07, 6.45) is 3.44. The molecule has 0 unspecified atom stereocenters. The first-order chi connectivity index (χ1) is 7.17. The molecule has 78 valence electrons. The SMILES string of the molecule is NC1(c2cc3cc(Br)ccc3[nH]2)CCC1. The second-order valence-corrected chi connectivity index (χ2v) is 5.34. The number of nitrogens with one attached hydrogen (secondary N) is 1. The van der Waals surface area contributed by atoms with Gasteiger partial charge in [-0.25, -0.2) is 0 Å². The van der Waals surface area contributed by atoms with Crippen molar-refractivity contribution in [3.05, 3.63) is 34.4 Å². The van der Waals surface area contributed by atoms with Gasteiger partial charge in [0.05, 0.1) is 5.54 Å². The van der Waals surface area contributed by atoms with Crippen molar-refractivity contribution in [3.8, 4) is 0 Å². The van der Waals surface area contributed by atoms with Gasteiger partial charge in [-0.3, -0.25) is 0 Å². The van der Waals surface area contributed by atoms with E-state index in [4.69, 9.17) is 5.73 Å². The van der Waals surface area contributed by atoms with Gasteiger partial charge in [-0.2, -0.15) is 0 Å². The van der Waals surface area contributed by atoms with Crippen LogP contribution in [-0.4, -0.2) is 4.98 Å². The van der Waals surface area contributed by atoms with Crippen LogP contribution in [0.5, 0.6) is 0 Å². The first-order valence-corrected chi connectivity index (χ1v) is 6.04. The van der Waals surface area contributed by atoms with Crippen molar-refractivity contribution in [1.82, 2.24) is 4.98 Å². The van der Waals surface area contributed by atoms with E-state index in [-0.39, 0.29) is 5.54 Å². The number of rotatable bonds is 1. The van der Waals surface area contributed by atoms with Crippen LogP contribution in [0.3, 0.4) is 0 Å². The minimum Gasteiger partial charge on any atom is -0.357 e. The Balaban J connectivity index is 2.14. The molecule has 2 nitrogen and oxygen atoms in total. The maximum atomic E-state index is 6.28. The Bertz CT molecular complexity index is 511. The van der Waals surface area contributed by atoms with Crippen LogP contribution in [0.15, 0.2) is 28.7 Å². The summed E-state index contributed by atoms with van der Waals surface area (Å²) in [6, 6.07) is 8.44. The highest BCUT2D eigenvalue weighted by atomic mass is 79.9. The fourth-order valence-corrected chi connectivity index (χ4v) is 2.58. The van der Waals surface area contributed by atoms with Gasteiger partial charge in [0.25, 0.3) is 0 Å². The third kappa shape index (κ3) is 1.42. The largest absolute Gasteiger partial charge is 0.357 e. The Morgan fingerprint density at radius 1 is 1.27 bits per heavy atom. The van der Waals surface area contributed by atoms with E-state index in [9.17, 15) is 0 Å². The van der Waals surface area contributed by atoms with Gasteiger partial charge in [-0.05, 0) is 43.5 Å². The Morgan fingerprint density at radius 3 is 2.73 bits per heavy atom. The Kier molecular flexibility index (Phi) is 1.94. The monoisotopic (exact) mass is 264 g/mol. The average Bonchev–Trinajstić information content (AvgIpc) is 2.57. The average molecular weight is 265 g/mol. The molecule has 1 fully saturated rings. The number of hydrogen-bond acceptors (Lipinski definition) is 1. The summed E-state index contributed by atoms with van der Waals surface area (Å²) in [5.74, 6) is 0. The molecule has 1 aromatic carbocycles. The molecule has 0 atom stereocenters. The summed E-state index contributed by atoms with van der Waals surface area (Å²) in [7, 11) is 0. The van der Waals surface area contributed by atoms with E-state index in [1.54, 1.807) is 0 Å². The molecular weight excluding hydrogens is 252 g/mol. The topological polar surface area (TPSA) is 41.8 Å². The molecule has 1 aliphatic carbocycles. The number of aromatic amines is 1. The summed E-state index contributed by atoms with van der Waals surface area (Å²) >= 11 is 3.48. The number of H-pyrrole nitrogens is 1. The van der Waals surface area contributed by atoms with Crippen LogP contribution in [0.2, 0.25) is 0 Å². The molecule has 0 bridgehead atoms. The van der Waals surface area contributed by atoms with Gasteiger partial charge in [-0.15, -0.1) is 0 Å². The van der Waals surface area contributed by atoms with E-state index in [0.29, 0.717) is 0 Å². The first-order valence-electron chi connectivity index (χ1n) is 5.25. The van der Waals surface area contributed by atoms with E-state index in [0.717, 1.165) is 17.3 Å². The van der Waals surface area contributed by atoms with E-state index < -0.39 is 0 Å². The number of benzene rings is 1. The Hall–Kier alpha value is -0.800. The van der Waals surface area contributed by atoms with Gasteiger partial charge in [0, 0.05) is 21.1 Å². The molecule has 1 aliphatic rings. The predicted octanol–water partition coefficient (Wildman–Crippen LogP) is 3.27. The molecule has 3 rings (SSSR count). The summed E-state index contributed by atoms with van der Waals surface area (Å²) in [6.45, 7) is 0. The van der Waals surface area contributed by atoms with Crippen LogP contribution < -0.4 is 5.73 Å². The van der Waals surface area contributed by atoms with Crippen LogP contribution in [0.1, 0.15) is 25.0 Å². The number of halogens is 1. The highest BCUT2D eigenvalue weighted by Gasteiger charge is 2.35. The summed E-state index contributed by atoms with van der Waals surface area (Å²) in [5, 5.41) is 1.23. The van der Waals surface area contributed by atoms with Crippen LogP contribution >= 0.6 is 15.9 Å². The summed E-state index contributed by atoms with van der Waals surface area (Å²) in [5.41, 5.74) is 8.54. The van der Waals surface area contributed by atoms with E-state index in [2.05, 4.69) is 39.1 Å². The van der Waals surface area contributed by atoms with Crippen molar-refractivity contribution in [3.63, 3.8) is 0 Å². The fourth-order valence-electron chi connectivity index (χ4n) is 2.20. The zero-order valence-corrected chi connectivity index (χ0v) is 9.97. The molecular formula is C12H13BrN2.